The van der Waals surface area contributed by atoms with Crippen molar-refractivity contribution in [3.8, 4) is 0 Å². The van der Waals surface area contributed by atoms with Gasteiger partial charge in [0.05, 0.1) is 13.2 Å². The lowest BCUT2D eigenvalue weighted by Gasteiger charge is -2.32. The number of halogens is 1. The summed E-state index contributed by atoms with van der Waals surface area (Å²) in [4.78, 5) is 5.06. The van der Waals surface area contributed by atoms with Gasteiger partial charge in [0.15, 0.2) is 0 Å². The normalized spacial score (nSPS) is 25.3. The van der Waals surface area contributed by atoms with Gasteiger partial charge in [0.2, 0.25) is 0 Å². The van der Waals surface area contributed by atoms with Gasteiger partial charge in [-0.2, -0.15) is 0 Å². The highest BCUT2D eigenvalue weighted by Gasteiger charge is 2.29. The standard InChI is InChI=1S/C16H24BrN3O/c1-12(18)15-3-2-13(10-16(15)17)20-5-4-14(11-20)19-6-8-21-9-7-19/h2-3,10,12,14H,4-9,11,18H2,1H3/t12-,14?/m0/s1. The molecule has 3 rings (SSSR count). The summed E-state index contributed by atoms with van der Waals surface area (Å²) in [5.74, 6) is 0. The third kappa shape index (κ3) is 3.42. The van der Waals surface area contributed by atoms with Crippen LogP contribution in [-0.2, 0) is 4.74 Å². The smallest absolute Gasteiger partial charge is 0.0594 e. The summed E-state index contributed by atoms with van der Waals surface area (Å²) in [5.41, 5.74) is 8.44. The minimum absolute atomic E-state index is 0.0631. The fourth-order valence-electron chi connectivity index (χ4n) is 3.30. The van der Waals surface area contributed by atoms with E-state index < -0.39 is 0 Å². The van der Waals surface area contributed by atoms with Crippen LogP contribution in [0.4, 0.5) is 5.69 Å². The summed E-state index contributed by atoms with van der Waals surface area (Å²) in [5, 5.41) is 0. The van der Waals surface area contributed by atoms with E-state index in [1.165, 1.54) is 17.7 Å². The SMILES string of the molecule is C[C@H](N)c1ccc(N2CCC(N3CCOCC3)C2)cc1Br. The van der Waals surface area contributed by atoms with E-state index in [1.54, 1.807) is 0 Å². The maximum absolute atomic E-state index is 5.98. The van der Waals surface area contributed by atoms with Crippen molar-refractivity contribution in [2.45, 2.75) is 25.4 Å². The van der Waals surface area contributed by atoms with Gasteiger partial charge in [-0.05, 0) is 31.0 Å². The van der Waals surface area contributed by atoms with Crippen molar-refractivity contribution in [3.05, 3.63) is 28.2 Å². The van der Waals surface area contributed by atoms with E-state index in [0.29, 0.717) is 6.04 Å². The van der Waals surface area contributed by atoms with Crippen LogP contribution in [0.1, 0.15) is 24.9 Å². The predicted molar refractivity (Wildman–Crippen MR) is 89.8 cm³/mol. The number of benzene rings is 1. The van der Waals surface area contributed by atoms with Gasteiger partial charge >= 0.3 is 0 Å². The molecule has 4 nitrogen and oxygen atoms in total. The molecule has 0 saturated carbocycles. The van der Waals surface area contributed by atoms with Crippen molar-refractivity contribution < 1.29 is 4.74 Å². The Balaban J connectivity index is 1.67. The van der Waals surface area contributed by atoms with Crippen LogP contribution in [0, 0.1) is 0 Å². The third-order valence-electron chi connectivity index (χ3n) is 4.57. The molecule has 2 N–H and O–H groups in total. The molecule has 0 aromatic heterocycles. The number of hydrogen-bond donors (Lipinski definition) is 1. The van der Waals surface area contributed by atoms with Gasteiger partial charge < -0.3 is 15.4 Å². The first kappa shape index (κ1) is 15.3. The molecule has 2 saturated heterocycles. The predicted octanol–water partition coefficient (Wildman–Crippen LogP) is 2.38. The Labute approximate surface area is 135 Å². The second-order valence-electron chi connectivity index (χ2n) is 6.03. The average Bonchev–Trinajstić information content (AvgIpc) is 2.97. The van der Waals surface area contributed by atoms with Gasteiger partial charge in [-0.1, -0.05) is 22.0 Å². The van der Waals surface area contributed by atoms with Crippen molar-refractivity contribution >= 4 is 21.6 Å². The molecule has 0 radical (unpaired) electrons. The molecule has 2 atom stereocenters. The van der Waals surface area contributed by atoms with Gasteiger partial charge in [0.1, 0.15) is 0 Å². The van der Waals surface area contributed by atoms with E-state index in [9.17, 15) is 0 Å². The average molecular weight is 354 g/mol. The Bertz CT molecular complexity index is 488. The molecule has 1 aromatic rings. The van der Waals surface area contributed by atoms with Gasteiger partial charge in [-0.25, -0.2) is 0 Å². The Kier molecular flexibility index (Phi) is 4.84. The summed E-state index contributed by atoms with van der Waals surface area (Å²) in [7, 11) is 0. The molecule has 1 unspecified atom stereocenters. The highest BCUT2D eigenvalue weighted by atomic mass is 79.9. The molecule has 5 heteroatoms. The van der Waals surface area contributed by atoms with E-state index in [1.807, 2.05) is 6.92 Å². The molecule has 2 fully saturated rings. The maximum Gasteiger partial charge on any atom is 0.0594 e. The molecule has 0 spiro atoms. The molecule has 21 heavy (non-hydrogen) atoms. The second kappa shape index (κ2) is 6.65. The molecule has 116 valence electrons. The van der Waals surface area contributed by atoms with E-state index in [0.717, 1.165) is 43.9 Å². The van der Waals surface area contributed by atoms with Gasteiger partial charge in [0.25, 0.3) is 0 Å². The van der Waals surface area contributed by atoms with Crippen molar-refractivity contribution in [3.63, 3.8) is 0 Å². The zero-order valence-corrected chi connectivity index (χ0v) is 14.2. The van der Waals surface area contributed by atoms with Crippen molar-refractivity contribution in [1.29, 1.82) is 0 Å². The van der Waals surface area contributed by atoms with Gasteiger partial charge in [-0.3, -0.25) is 4.90 Å². The first-order chi connectivity index (χ1) is 10.1. The summed E-state index contributed by atoms with van der Waals surface area (Å²) in [6, 6.07) is 7.28. The summed E-state index contributed by atoms with van der Waals surface area (Å²) >= 11 is 3.65. The number of hydrogen-bond acceptors (Lipinski definition) is 4. The monoisotopic (exact) mass is 353 g/mol. The number of nitrogens with zero attached hydrogens (tertiary/aromatic N) is 2. The molecule has 0 aliphatic carbocycles. The van der Waals surface area contributed by atoms with E-state index in [-0.39, 0.29) is 6.04 Å². The minimum Gasteiger partial charge on any atom is -0.379 e. The maximum atomic E-state index is 5.98. The second-order valence-corrected chi connectivity index (χ2v) is 6.89. The third-order valence-corrected chi connectivity index (χ3v) is 5.25. The van der Waals surface area contributed by atoms with Crippen LogP contribution in [0.2, 0.25) is 0 Å². The van der Waals surface area contributed by atoms with Gasteiger partial charge in [-0.15, -0.1) is 0 Å². The lowest BCUT2D eigenvalue weighted by molar-refractivity contribution is 0.0209. The number of nitrogens with two attached hydrogens (primary N) is 1. The highest BCUT2D eigenvalue weighted by molar-refractivity contribution is 9.10. The van der Waals surface area contributed by atoms with E-state index in [2.05, 4.69) is 43.9 Å². The van der Waals surface area contributed by atoms with Gasteiger partial charge in [0, 0.05) is 48.4 Å². The number of anilines is 1. The molecule has 1 aromatic carbocycles. The quantitative estimate of drug-likeness (QED) is 0.905. The molecule has 0 amide bonds. The van der Waals surface area contributed by atoms with Crippen LogP contribution in [0.5, 0.6) is 0 Å². The fourth-order valence-corrected chi connectivity index (χ4v) is 4.03. The van der Waals surface area contributed by atoms with Crippen LogP contribution in [0.25, 0.3) is 0 Å². The Morgan fingerprint density at radius 3 is 2.71 bits per heavy atom. The Morgan fingerprint density at radius 2 is 2.05 bits per heavy atom. The summed E-state index contributed by atoms with van der Waals surface area (Å²) in [6.45, 7) is 8.17. The van der Waals surface area contributed by atoms with Crippen LogP contribution in [-0.4, -0.2) is 50.3 Å². The Morgan fingerprint density at radius 1 is 1.29 bits per heavy atom. The number of rotatable bonds is 3. The van der Waals surface area contributed by atoms with Crippen LogP contribution < -0.4 is 10.6 Å². The van der Waals surface area contributed by atoms with Crippen LogP contribution in [0.3, 0.4) is 0 Å². The lowest BCUT2D eigenvalue weighted by atomic mass is 10.1. The largest absolute Gasteiger partial charge is 0.379 e. The Hall–Kier alpha value is -0.620. The van der Waals surface area contributed by atoms with Crippen LogP contribution >= 0.6 is 15.9 Å². The van der Waals surface area contributed by atoms with Crippen molar-refractivity contribution in [1.82, 2.24) is 4.90 Å². The zero-order valence-electron chi connectivity index (χ0n) is 12.6. The van der Waals surface area contributed by atoms with Crippen molar-refractivity contribution in [2.75, 3.05) is 44.3 Å². The molecule has 2 aliphatic heterocycles. The molecule has 2 heterocycles. The first-order valence-corrected chi connectivity index (χ1v) is 8.56. The summed E-state index contributed by atoms with van der Waals surface area (Å²) < 4.78 is 6.56. The summed E-state index contributed by atoms with van der Waals surface area (Å²) in [6.07, 6.45) is 1.24. The van der Waals surface area contributed by atoms with Crippen molar-refractivity contribution in [2.24, 2.45) is 5.73 Å². The number of ether oxygens (including phenoxy) is 1. The first-order valence-electron chi connectivity index (χ1n) is 7.77. The molecule has 2 aliphatic rings. The van der Waals surface area contributed by atoms with Crippen LogP contribution in [0.15, 0.2) is 22.7 Å². The topological polar surface area (TPSA) is 41.7 Å². The molecule has 0 bridgehead atoms. The minimum atomic E-state index is 0.0631. The fraction of sp³-hybridized carbons (Fsp3) is 0.625. The lowest BCUT2D eigenvalue weighted by Crippen LogP contribution is -2.44. The molecular formula is C16H24BrN3O. The van der Waals surface area contributed by atoms with E-state index >= 15 is 0 Å². The number of morpholine rings is 1. The highest BCUT2D eigenvalue weighted by Crippen LogP contribution is 2.30. The van der Waals surface area contributed by atoms with E-state index in [4.69, 9.17) is 10.5 Å². The zero-order chi connectivity index (χ0) is 14.8. The molecular weight excluding hydrogens is 330 g/mol.